The van der Waals surface area contributed by atoms with Crippen LogP contribution < -0.4 is 0 Å². The van der Waals surface area contributed by atoms with Gasteiger partial charge in [-0.3, -0.25) is 0 Å². The van der Waals surface area contributed by atoms with E-state index in [0.29, 0.717) is 0 Å². The van der Waals surface area contributed by atoms with Crippen LogP contribution in [0.2, 0.25) is 0 Å². The highest BCUT2D eigenvalue weighted by Crippen LogP contribution is 2.38. The van der Waals surface area contributed by atoms with Gasteiger partial charge in [0.2, 0.25) is 0 Å². The second-order valence-corrected chi connectivity index (χ2v) is 6.09. The number of aliphatic hydroxyl groups is 1. The van der Waals surface area contributed by atoms with Crippen LogP contribution in [0.3, 0.4) is 0 Å². The Morgan fingerprint density at radius 3 is 2.24 bits per heavy atom. The minimum absolute atomic E-state index is 0.213. The average Bonchev–Trinajstić information content (AvgIpc) is 2.40. The summed E-state index contributed by atoms with van der Waals surface area (Å²) < 4.78 is 5.73. The molecule has 100 valence electrons. The maximum atomic E-state index is 10.6. The molecule has 2 rings (SSSR count). The summed E-state index contributed by atoms with van der Waals surface area (Å²) in [6.07, 6.45) is 13.3. The normalized spacial score (nSPS) is 27.9. The SMILES string of the molecule is COC1(C(O)CC2CCCCC2)CCCCC1. The van der Waals surface area contributed by atoms with E-state index >= 15 is 0 Å². The first-order valence-corrected chi connectivity index (χ1v) is 7.50. The lowest BCUT2D eigenvalue weighted by Gasteiger charge is -2.41. The van der Waals surface area contributed by atoms with Gasteiger partial charge in [0.25, 0.3) is 0 Å². The van der Waals surface area contributed by atoms with Crippen molar-refractivity contribution in [3.8, 4) is 0 Å². The smallest absolute Gasteiger partial charge is 0.0936 e. The molecular formula is C15H28O2. The lowest BCUT2D eigenvalue weighted by molar-refractivity contribution is -0.130. The lowest BCUT2D eigenvalue weighted by atomic mass is 9.75. The molecule has 0 radical (unpaired) electrons. The summed E-state index contributed by atoms with van der Waals surface area (Å²) in [5.41, 5.74) is -0.213. The molecule has 2 saturated carbocycles. The van der Waals surface area contributed by atoms with Gasteiger partial charge >= 0.3 is 0 Å². The van der Waals surface area contributed by atoms with E-state index in [1.165, 1.54) is 51.4 Å². The monoisotopic (exact) mass is 240 g/mol. The molecule has 2 aliphatic carbocycles. The standard InChI is InChI=1S/C15H28O2/c1-17-15(10-6-3-7-11-15)14(16)12-13-8-4-2-5-9-13/h13-14,16H,2-12H2,1H3. The zero-order valence-electron chi connectivity index (χ0n) is 11.3. The Morgan fingerprint density at radius 1 is 1.06 bits per heavy atom. The minimum atomic E-state index is -0.240. The van der Waals surface area contributed by atoms with Gasteiger partial charge in [0.15, 0.2) is 0 Å². The quantitative estimate of drug-likeness (QED) is 0.812. The first-order chi connectivity index (χ1) is 8.27. The number of hydrogen-bond acceptors (Lipinski definition) is 2. The number of methoxy groups -OCH3 is 1. The van der Waals surface area contributed by atoms with Crippen LogP contribution in [0.15, 0.2) is 0 Å². The van der Waals surface area contributed by atoms with Crippen LogP contribution in [0.4, 0.5) is 0 Å². The molecule has 2 nitrogen and oxygen atoms in total. The van der Waals surface area contributed by atoms with Gasteiger partial charge in [-0.2, -0.15) is 0 Å². The van der Waals surface area contributed by atoms with Gasteiger partial charge < -0.3 is 9.84 Å². The van der Waals surface area contributed by atoms with Crippen molar-refractivity contribution in [1.82, 2.24) is 0 Å². The Labute approximate surface area is 106 Å². The summed E-state index contributed by atoms with van der Waals surface area (Å²) in [6, 6.07) is 0. The molecule has 0 amide bonds. The van der Waals surface area contributed by atoms with Gasteiger partial charge in [0.1, 0.15) is 0 Å². The van der Waals surface area contributed by atoms with E-state index in [9.17, 15) is 5.11 Å². The summed E-state index contributed by atoms with van der Waals surface area (Å²) in [6.45, 7) is 0. The zero-order chi connectivity index (χ0) is 12.1. The Hall–Kier alpha value is -0.0800. The van der Waals surface area contributed by atoms with Gasteiger partial charge in [-0.25, -0.2) is 0 Å². The van der Waals surface area contributed by atoms with Crippen molar-refractivity contribution in [2.24, 2.45) is 5.92 Å². The van der Waals surface area contributed by atoms with E-state index in [0.717, 1.165) is 25.2 Å². The van der Waals surface area contributed by atoms with E-state index in [1.807, 2.05) is 0 Å². The molecule has 0 heterocycles. The van der Waals surface area contributed by atoms with Crippen LogP contribution in [0.5, 0.6) is 0 Å². The second kappa shape index (κ2) is 6.19. The third-order valence-electron chi connectivity index (χ3n) is 5.00. The van der Waals surface area contributed by atoms with Crippen molar-refractivity contribution >= 4 is 0 Å². The summed E-state index contributed by atoms with van der Waals surface area (Å²) in [5, 5.41) is 10.6. The van der Waals surface area contributed by atoms with Crippen molar-refractivity contribution in [1.29, 1.82) is 0 Å². The Bertz CT molecular complexity index is 215. The van der Waals surface area contributed by atoms with Gasteiger partial charge in [0.05, 0.1) is 11.7 Å². The van der Waals surface area contributed by atoms with E-state index in [4.69, 9.17) is 4.74 Å². The molecule has 0 bridgehead atoms. The third kappa shape index (κ3) is 3.23. The van der Waals surface area contributed by atoms with Gasteiger partial charge in [-0.1, -0.05) is 51.4 Å². The van der Waals surface area contributed by atoms with E-state index < -0.39 is 0 Å². The van der Waals surface area contributed by atoms with Crippen LogP contribution in [0.1, 0.15) is 70.6 Å². The topological polar surface area (TPSA) is 29.5 Å². The van der Waals surface area contributed by atoms with Crippen molar-refractivity contribution in [3.63, 3.8) is 0 Å². The van der Waals surface area contributed by atoms with Gasteiger partial charge in [-0.05, 0) is 25.2 Å². The fraction of sp³-hybridized carbons (Fsp3) is 1.00. The number of aliphatic hydroxyl groups excluding tert-OH is 1. The predicted molar refractivity (Wildman–Crippen MR) is 70.0 cm³/mol. The molecular weight excluding hydrogens is 212 g/mol. The van der Waals surface area contributed by atoms with E-state index in [2.05, 4.69) is 0 Å². The first-order valence-electron chi connectivity index (χ1n) is 7.50. The minimum Gasteiger partial charge on any atom is -0.390 e. The lowest BCUT2D eigenvalue weighted by Crippen LogP contribution is -2.46. The van der Waals surface area contributed by atoms with Crippen molar-refractivity contribution in [2.75, 3.05) is 7.11 Å². The summed E-state index contributed by atoms with van der Waals surface area (Å²) in [5.74, 6) is 0.743. The number of hydrogen-bond donors (Lipinski definition) is 1. The molecule has 2 heteroatoms. The summed E-state index contributed by atoms with van der Waals surface area (Å²) in [4.78, 5) is 0. The van der Waals surface area contributed by atoms with Gasteiger partial charge in [0, 0.05) is 7.11 Å². The average molecular weight is 240 g/mol. The fourth-order valence-corrected chi connectivity index (χ4v) is 3.78. The molecule has 0 aromatic heterocycles. The van der Waals surface area contributed by atoms with Crippen molar-refractivity contribution in [3.05, 3.63) is 0 Å². The highest BCUT2D eigenvalue weighted by Gasteiger charge is 2.40. The van der Waals surface area contributed by atoms with Crippen LogP contribution >= 0.6 is 0 Å². The molecule has 2 aliphatic rings. The molecule has 0 aliphatic heterocycles. The highest BCUT2D eigenvalue weighted by molar-refractivity contribution is 4.92. The third-order valence-corrected chi connectivity index (χ3v) is 5.00. The highest BCUT2D eigenvalue weighted by atomic mass is 16.5. The van der Waals surface area contributed by atoms with E-state index in [-0.39, 0.29) is 11.7 Å². The molecule has 0 saturated heterocycles. The fourth-order valence-electron chi connectivity index (χ4n) is 3.78. The van der Waals surface area contributed by atoms with Crippen molar-refractivity contribution in [2.45, 2.75) is 82.3 Å². The van der Waals surface area contributed by atoms with Crippen LogP contribution in [0, 0.1) is 5.92 Å². The zero-order valence-corrected chi connectivity index (χ0v) is 11.3. The Balaban J connectivity index is 1.89. The largest absolute Gasteiger partial charge is 0.390 e. The number of ether oxygens (including phenoxy) is 1. The Kier molecular flexibility index (Phi) is 4.87. The first kappa shape index (κ1) is 13.4. The maximum Gasteiger partial charge on any atom is 0.0936 e. The predicted octanol–water partition coefficient (Wildman–Crippen LogP) is 3.67. The van der Waals surface area contributed by atoms with Gasteiger partial charge in [-0.15, -0.1) is 0 Å². The maximum absolute atomic E-state index is 10.6. The van der Waals surface area contributed by atoms with Crippen LogP contribution in [0.25, 0.3) is 0 Å². The summed E-state index contributed by atoms with van der Waals surface area (Å²) >= 11 is 0. The van der Waals surface area contributed by atoms with Crippen LogP contribution in [-0.4, -0.2) is 23.9 Å². The number of rotatable bonds is 4. The molecule has 1 atom stereocenters. The molecule has 1 unspecified atom stereocenters. The second-order valence-electron chi connectivity index (χ2n) is 6.09. The molecule has 0 aromatic rings. The summed E-state index contributed by atoms with van der Waals surface area (Å²) in [7, 11) is 1.79. The van der Waals surface area contributed by atoms with E-state index in [1.54, 1.807) is 7.11 Å². The molecule has 1 N–H and O–H groups in total. The molecule has 0 spiro atoms. The van der Waals surface area contributed by atoms with Crippen molar-refractivity contribution < 1.29 is 9.84 Å². The Morgan fingerprint density at radius 2 is 1.65 bits per heavy atom. The molecule has 17 heavy (non-hydrogen) atoms. The molecule has 0 aromatic carbocycles. The van der Waals surface area contributed by atoms with Crippen LogP contribution in [-0.2, 0) is 4.74 Å². The molecule has 2 fully saturated rings.